The van der Waals surface area contributed by atoms with E-state index in [9.17, 15) is 0 Å². The lowest BCUT2D eigenvalue weighted by molar-refractivity contribution is 0.398. The molecule has 1 unspecified atom stereocenters. The van der Waals surface area contributed by atoms with E-state index in [4.69, 9.17) is 4.74 Å². The lowest BCUT2D eigenvalue weighted by Crippen LogP contribution is -1.81. The molecule has 0 saturated carbocycles. The average molecular weight is 154 g/mol. The summed E-state index contributed by atoms with van der Waals surface area (Å²) in [6.07, 6.45) is 11.5. The smallest absolute Gasteiger partial charge is 0.0812 e. The van der Waals surface area contributed by atoms with Crippen molar-refractivity contribution in [3.63, 3.8) is 0 Å². The van der Waals surface area contributed by atoms with Crippen molar-refractivity contribution >= 4 is 0 Å². The molecule has 1 heteroatoms. The molecule has 1 saturated heterocycles. The minimum Gasteiger partial charge on any atom is -0.373 e. The Bertz CT molecular complexity index is 114. The molecule has 1 rings (SSSR count). The molecule has 1 fully saturated rings. The lowest BCUT2D eigenvalue weighted by atomic mass is 10.2. The van der Waals surface area contributed by atoms with E-state index >= 15 is 0 Å². The number of ether oxygens (including phenoxy) is 1. The van der Waals surface area contributed by atoms with Gasteiger partial charge in [0.25, 0.3) is 0 Å². The van der Waals surface area contributed by atoms with E-state index in [0.29, 0.717) is 6.10 Å². The zero-order chi connectivity index (χ0) is 7.94. The lowest BCUT2D eigenvalue weighted by Gasteiger charge is -1.89. The maximum atomic E-state index is 5.10. The summed E-state index contributed by atoms with van der Waals surface area (Å²) in [5.74, 6) is 0. The van der Waals surface area contributed by atoms with Crippen molar-refractivity contribution in [2.45, 2.75) is 45.1 Å². The third kappa shape index (κ3) is 5.02. The molecule has 0 aromatic rings. The first-order chi connectivity index (χ1) is 5.43. The normalized spacial score (nSPS) is 22.8. The number of rotatable bonds is 6. The molecular formula is C10H18O. The third-order valence-corrected chi connectivity index (χ3v) is 1.95. The minimum absolute atomic E-state index is 0.603. The molecule has 1 nitrogen and oxygen atoms in total. The minimum atomic E-state index is 0.603. The Hall–Kier alpha value is -0.300. The molecule has 1 aliphatic rings. The van der Waals surface area contributed by atoms with Crippen LogP contribution in [0.15, 0.2) is 12.2 Å². The molecule has 0 bridgehead atoms. The highest BCUT2D eigenvalue weighted by Gasteiger charge is 2.20. The summed E-state index contributed by atoms with van der Waals surface area (Å²) in [4.78, 5) is 0. The van der Waals surface area contributed by atoms with E-state index in [1.54, 1.807) is 0 Å². The molecule has 1 atom stereocenters. The van der Waals surface area contributed by atoms with Crippen molar-refractivity contribution in [2.24, 2.45) is 0 Å². The van der Waals surface area contributed by atoms with Gasteiger partial charge in [0.2, 0.25) is 0 Å². The van der Waals surface area contributed by atoms with Gasteiger partial charge < -0.3 is 4.74 Å². The van der Waals surface area contributed by atoms with Crippen LogP contribution in [0, 0.1) is 0 Å². The van der Waals surface area contributed by atoms with Gasteiger partial charge >= 0.3 is 0 Å². The maximum Gasteiger partial charge on any atom is 0.0812 e. The van der Waals surface area contributed by atoms with Crippen LogP contribution < -0.4 is 0 Å². The van der Waals surface area contributed by atoms with Gasteiger partial charge in [-0.2, -0.15) is 0 Å². The van der Waals surface area contributed by atoms with Gasteiger partial charge in [0.1, 0.15) is 0 Å². The number of allylic oxidation sites excluding steroid dienone is 2. The van der Waals surface area contributed by atoms with Crippen LogP contribution in [0.25, 0.3) is 0 Å². The van der Waals surface area contributed by atoms with Crippen LogP contribution in [0.3, 0.4) is 0 Å². The van der Waals surface area contributed by atoms with Crippen molar-refractivity contribution < 1.29 is 4.74 Å². The van der Waals surface area contributed by atoms with Crippen LogP contribution >= 0.6 is 0 Å². The van der Waals surface area contributed by atoms with Crippen LogP contribution in [0.5, 0.6) is 0 Å². The first kappa shape index (κ1) is 8.79. The molecule has 1 aliphatic heterocycles. The molecule has 64 valence electrons. The van der Waals surface area contributed by atoms with E-state index in [2.05, 4.69) is 19.1 Å². The van der Waals surface area contributed by atoms with Crippen LogP contribution in [-0.2, 0) is 4.74 Å². The Kier molecular flexibility index (Phi) is 4.29. The van der Waals surface area contributed by atoms with E-state index in [0.717, 1.165) is 6.61 Å². The number of unbranched alkanes of at least 4 members (excludes halogenated alkanes) is 2. The SMILES string of the molecule is CCCC/C=C/CCC1CO1. The van der Waals surface area contributed by atoms with Gasteiger partial charge in [-0.1, -0.05) is 31.9 Å². The van der Waals surface area contributed by atoms with E-state index < -0.39 is 0 Å². The summed E-state index contributed by atoms with van der Waals surface area (Å²) in [6.45, 7) is 3.23. The maximum absolute atomic E-state index is 5.10. The van der Waals surface area contributed by atoms with Gasteiger partial charge in [-0.3, -0.25) is 0 Å². The summed E-state index contributed by atoms with van der Waals surface area (Å²) in [5.41, 5.74) is 0. The van der Waals surface area contributed by atoms with Crippen molar-refractivity contribution in [1.29, 1.82) is 0 Å². The molecule has 0 amide bonds. The first-order valence-corrected chi connectivity index (χ1v) is 4.70. The fraction of sp³-hybridized carbons (Fsp3) is 0.800. The molecule has 0 radical (unpaired) electrons. The molecule has 0 aromatic heterocycles. The predicted octanol–water partition coefficient (Wildman–Crippen LogP) is 2.91. The van der Waals surface area contributed by atoms with E-state index in [-0.39, 0.29) is 0 Å². The summed E-state index contributed by atoms with van der Waals surface area (Å²) < 4.78 is 5.10. The summed E-state index contributed by atoms with van der Waals surface area (Å²) in [5, 5.41) is 0. The second-order valence-corrected chi connectivity index (χ2v) is 3.15. The van der Waals surface area contributed by atoms with Gasteiger partial charge in [-0.15, -0.1) is 0 Å². The molecule has 1 heterocycles. The Morgan fingerprint density at radius 2 is 2.09 bits per heavy atom. The highest BCUT2D eigenvalue weighted by Crippen LogP contribution is 2.15. The monoisotopic (exact) mass is 154 g/mol. The van der Waals surface area contributed by atoms with Gasteiger partial charge in [-0.05, 0) is 19.3 Å². The Labute approximate surface area is 69.4 Å². The Balaban J connectivity index is 1.80. The Morgan fingerprint density at radius 1 is 1.36 bits per heavy atom. The van der Waals surface area contributed by atoms with Crippen molar-refractivity contribution in [3.8, 4) is 0 Å². The van der Waals surface area contributed by atoms with Gasteiger partial charge in [0.15, 0.2) is 0 Å². The zero-order valence-corrected chi connectivity index (χ0v) is 7.38. The standard InChI is InChI=1S/C10H18O/c1-2-3-4-5-6-7-8-10-9-11-10/h5-6,10H,2-4,7-9H2,1H3/b6-5+. The third-order valence-electron chi connectivity index (χ3n) is 1.95. The van der Waals surface area contributed by atoms with Crippen LogP contribution in [-0.4, -0.2) is 12.7 Å². The fourth-order valence-electron chi connectivity index (χ4n) is 1.07. The fourth-order valence-corrected chi connectivity index (χ4v) is 1.07. The largest absolute Gasteiger partial charge is 0.373 e. The molecule has 0 aromatic carbocycles. The highest BCUT2D eigenvalue weighted by atomic mass is 16.6. The molecule has 0 spiro atoms. The van der Waals surface area contributed by atoms with Gasteiger partial charge in [0.05, 0.1) is 12.7 Å². The topological polar surface area (TPSA) is 12.5 Å². The summed E-state index contributed by atoms with van der Waals surface area (Å²) in [6, 6.07) is 0. The molecule has 0 N–H and O–H groups in total. The summed E-state index contributed by atoms with van der Waals surface area (Å²) >= 11 is 0. The van der Waals surface area contributed by atoms with E-state index in [1.165, 1.54) is 32.1 Å². The quantitative estimate of drug-likeness (QED) is 0.325. The van der Waals surface area contributed by atoms with Crippen molar-refractivity contribution in [3.05, 3.63) is 12.2 Å². The van der Waals surface area contributed by atoms with Gasteiger partial charge in [-0.25, -0.2) is 0 Å². The first-order valence-electron chi connectivity index (χ1n) is 4.70. The van der Waals surface area contributed by atoms with E-state index in [1.807, 2.05) is 0 Å². The second-order valence-electron chi connectivity index (χ2n) is 3.15. The van der Waals surface area contributed by atoms with Crippen molar-refractivity contribution in [2.75, 3.05) is 6.61 Å². The highest BCUT2D eigenvalue weighted by molar-refractivity contribution is 4.83. The molecular weight excluding hydrogens is 136 g/mol. The van der Waals surface area contributed by atoms with Crippen LogP contribution in [0.2, 0.25) is 0 Å². The summed E-state index contributed by atoms with van der Waals surface area (Å²) in [7, 11) is 0. The van der Waals surface area contributed by atoms with Crippen LogP contribution in [0.1, 0.15) is 39.0 Å². The average Bonchev–Trinajstić information content (AvgIpc) is 2.80. The Morgan fingerprint density at radius 3 is 2.73 bits per heavy atom. The molecule has 0 aliphatic carbocycles. The predicted molar refractivity (Wildman–Crippen MR) is 47.6 cm³/mol. The molecule has 11 heavy (non-hydrogen) atoms. The number of epoxide rings is 1. The second kappa shape index (κ2) is 5.36. The van der Waals surface area contributed by atoms with Crippen molar-refractivity contribution in [1.82, 2.24) is 0 Å². The van der Waals surface area contributed by atoms with Crippen LogP contribution in [0.4, 0.5) is 0 Å². The number of hydrogen-bond donors (Lipinski definition) is 0. The van der Waals surface area contributed by atoms with Gasteiger partial charge in [0, 0.05) is 0 Å². The zero-order valence-electron chi connectivity index (χ0n) is 7.38. The number of hydrogen-bond acceptors (Lipinski definition) is 1.